The maximum atomic E-state index is 12.2. The lowest BCUT2D eigenvalue weighted by Crippen LogP contribution is -2.31. The van der Waals surface area contributed by atoms with Crippen LogP contribution in [0.3, 0.4) is 0 Å². The molecule has 0 unspecified atom stereocenters. The largest absolute Gasteiger partial charge is 0.457 e. The molecule has 0 radical (unpaired) electrons. The van der Waals surface area contributed by atoms with Gasteiger partial charge in [-0.15, -0.1) is 0 Å². The van der Waals surface area contributed by atoms with Gasteiger partial charge in [0.2, 0.25) is 0 Å². The minimum absolute atomic E-state index is 0.00499. The van der Waals surface area contributed by atoms with Crippen molar-refractivity contribution in [3.05, 3.63) is 64.2 Å². The summed E-state index contributed by atoms with van der Waals surface area (Å²) in [4.78, 5) is 22.4. The standard InChI is InChI=1S/C18H18N2O5/c21-18(19-12-17-5-2-10-24-17)13-3-1-4-16(11-13)25-15-8-6-14(7-9-15)20(22)23/h1,3-4,6-9,11,17H,2,5,10,12H2,(H,19,21)/t17-/m0/s1. The van der Waals surface area contributed by atoms with Gasteiger partial charge in [-0.25, -0.2) is 0 Å². The Bertz CT molecular complexity index is 754. The monoisotopic (exact) mass is 342 g/mol. The Morgan fingerprint density at radius 2 is 2.04 bits per heavy atom. The van der Waals surface area contributed by atoms with Crippen molar-refractivity contribution in [2.45, 2.75) is 18.9 Å². The summed E-state index contributed by atoms with van der Waals surface area (Å²) in [6.45, 7) is 1.24. The van der Waals surface area contributed by atoms with Crippen molar-refractivity contribution in [2.75, 3.05) is 13.2 Å². The first kappa shape index (κ1) is 16.9. The molecule has 1 heterocycles. The number of nitro benzene ring substituents is 1. The number of ether oxygens (including phenoxy) is 2. The minimum atomic E-state index is -0.469. The first-order valence-electron chi connectivity index (χ1n) is 8.04. The van der Waals surface area contributed by atoms with E-state index in [-0.39, 0.29) is 17.7 Å². The summed E-state index contributed by atoms with van der Waals surface area (Å²) in [5.41, 5.74) is 0.479. The van der Waals surface area contributed by atoms with Gasteiger partial charge in [0.05, 0.1) is 11.0 Å². The lowest BCUT2D eigenvalue weighted by atomic mass is 10.2. The second-order valence-corrected chi connectivity index (χ2v) is 5.73. The Labute approximate surface area is 144 Å². The fourth-order valence-corrected chi connectivity index (χ4v) is 2.59. The molecule has 1 N–H and O–H groups in total. The van der Waals surface area contributed by atoms with Gasteiger partial charge in [0.25, 0.3) is 11.6 Å². The average Bonchev–Trinajstić information content (AvgIpc) is 3.14. The fourth-order valence-electron chi connectivity index (χ4n) is 2.59. The van der Waals surface area contributed by atoms with Crippen molar-refractivity contribution in [1.82, 2.24) is 5.32 Å². The van der Waals surface area contributed by atoms with E-state index in [2.05, 4.69) is 5.32 Å². The van der Waals surface area contributed by atoms with Gasteiger partial charge in [-0.1, -0.05) is 6.07 Å². The summed E-state index contributed by atoms with van der Waals surface area (Å²) < 4.78 is 11.1. The third kappa shape index (κ3) is 4.54. The van der Waals surface area contributed by atoms with Crippen LogP contribution in [0.4, 0.5) is 5.69 Å². The summed E-state index contributed by atoms with van der Waals surface area (Å²) in [6.07, 6.45) is 2.08. The molecule has 3 rings (SSSR count). The molecule has 1 saturated heterocycles. The Balaban J connectivity index is 1.62. The van der Waals surface area contributed by atoms with Gasteiger partial charge in [0.1, 0.15) is 11.5 Å². The molecule has 2 aromatic carbocycles. The molecule has 0 spiro atoms. The molecule has 1 amide bonds. The van der Waals surface area contributed by atoms with Crippen molar-refractivity contribution in [1.29, 1.82) is 0 Å². The van der Waals surface area contributed by atoms with E-state index < -0.39 is 4.92 Å². The topological polar surface area (TPSA) is 90.7 Å². The van der Waals surface area contributed by atoms with E-state index in [0.29, 0.717) is 23.6 Å². The van der Waals surface area contributed by atoms with E-state index in [0.717, 1.165) is 19.4 Å². The summed E-state index contributed by atoms with van der Waals surface area (Å²) in [5, 5.41) is 13.5. The number of nitrogens with one attached hydrogen (secondary N) is 1. The van der Waals surface area contributed by atoms with Crippen molar-refractivity contribution in [3.8, 4) is 11.5 Å². The number of hydrogen-bond donors (Lipinski definition) is 1. The molecule has 0 aromatic heterocycles. The number of hydrogen-bond acceptors (Lipinski definition) is 5. The number of carbonyl (C=O) groups excluding carboxylic acids is 1. The van der Waals surface area contributed by atoms with Gasteiger partial charge in [0.15, 0.2) is 0 Å². The number of carbonyl (C=O) groups is 1. The molecule has 1 aliphatic rings. The minimum Gasteiger partial charge on any atom is -0.457 e. The van der Waals surface area contributed by atoms with Crippen LogP contribution in [-0.4, -0.2) is 30.1 Å². The zero-order valence-electron chi connectivity index (χ0n) is 13.5. The molecule has 0 saturated carbocycles. The van der Waals surface area contributed by atoms with Gasteiger partial charge in [-0.2, -0.15) is 0 Å². The third-order valence-corrected chi connectivity index (χ3v) is 3.89. The van der Waals surface area contributed by atoms with Gasteiger partial charge < -0.3 is 14.8 Å². The van der Waals surface area contributed by atoms with E-state index in [1.54, 1.807) is 24.3 Å². The molecule has 1 aliphatic heterocycles. The summed E-state index contributed by atoms with van der Waals surface area (Å²) >= 11 is 0. The summed E-state index contributed by atoms with van der Waals surface area (Å²) in [6, 6.07) is 12.5. The van der Waals surface area contributed by atoms with Crippen LogP contribution < -0.4 is 10.1 Å². The zero-order valence-corrected chi connectivity index (χ0v) is 13.5. The number of nitrogens with zero attached hydrogens (tertiary/aromatic N) is 1. The van der Waals surface area contributed by atoms with E-state index in [1.807, 2.05) is 0 Å². The number of rotatable bonds is 6. The Morgan fingerprint density at radius 1 is 1.24 bits per heavy atom. The number of amides is 1. The molecule has 0 aliphatic carbocycles. The van der Waals surface area contributed by atoms with Gasteiger partial charge in [-0.05, 0) is 43.2 Å². The van der Waals surface area contributed by atoms with Crippen LogP contribution in [0.25, 0.3) is 0 Å². The van der Waals surface area contributed by atoms with E-state index in [1.165, 1.54) is 24.3 Å². The Kier molecular flexibility index (Phi) is 5.25. The predicted molar refractivity (Wildman–Crippen MR) is 90.9 cm³/mol. The average molecular weight is 342 g/mol. The molecule has 7 heteroatoms. The molecule has 1 atom stereocenters. The van der Waals surface area contributed by atoms with Crippen LogP contribution in [0, 0.1) is 10.1 Å². The van der Waals surface area contributed by atoms with Crippen LogP contribution in [-0.2, 0) is 4.74 Å². The molecular weight excluding hydrogens is 324 g/mol. The molecule has 130 valence electrons. The lowest BCUT2D eigenvalue weighted by molar-refractivity contribution is -0.384. The zero-order chi connectivity index (χ0) is 17.6. The summed E-state index contributed by atoms with van der Waals surface area (Å²) in [7, 11) is 0. The van der Waals surface area contributed by atoms with Crippen LogP contribution in [0.15, 0.2) is 48.5 Å². The maximum Gasteiger partial charge on any atom is 0.269 e. The first-order chi connectivity index (χ1) is 12.1. The van der Waals surface area contributed by atoms with E-state index in [4.69, 9.17) is 9.47 Å². The quantitative estimate of drug-likeness (QED) is 0.642. The van der Waals surface area contributed by atoms with Crippen LogP contribution in [0.5, 0.6) is 11.5 Å². The molecule has 25 heavy (non-hydrogen) atoms. The fraction of sp³-hybridized carbons (Fsp3) is 0.278. The number of non-ortho nitro benzene ring substituents is 1. The van der Waals surface area contributed by atoms with Crippen molar-refractivity contribution in [2.24, 2.45) is 0 Å². The Hall–Kier alpha value is -2.93. The van der Waals surface area contributed by atoms with Gasteiger partial charge in [-0.3, -0.25) is 14.9 Å². The van der Waals surface area contributed by atoms with Crippen LogP contribution in [0.1, 0.15) is 23.2 Å². The number of nitro groups is 1. The second kappa shape index (κ2) is 7.76. The number of benzene rings is 2. The van der Waals surface area contributed by atoms with Crippen LogP contribution in [0.2, 0.25) is 0 Å². The van der Waals surface area contributed by atoms with Crippen LogP contribution >= 0.6 is 0 Å². The highest BCUT2D eigenvalue weighted by molar-refractivity contribution is 5.94. The van der Waals surface area contributed by atoms with Crippen molar-refractivity contribution in [3.63, 3.8) is 0 Å². The normalized spacial score (nSPS) is 16.4. The molecule has 2 aromatic rings. The highest BCUT2D eigenvalue weighted by Gasteiger charge is 2.17. The SMILES string of the molecule is O=C(NC[C@@H]1CCCO1)c1cccc(Oc2ccc([N+](=O)[O-])cc2)c1. The van der Waals surface area contributed by atoms with Gasteiger partial charge in [0, 0.05) is 30.8 Å². The molecule has 1 fully saturated rings. The first-order valence-corrected chi connectivity index (χ1v) is 8.04. The van der Waals surface area contributed by atoms with E-state index >= 15 is 0 Å². The third-order valence-electron chi connectivity index (χ3n) is 3.89. The molecular formula is C18H18N2O5. The second-order valence-electron chi connectivity index (χ2n) is 5.73. The van der Waals surface area contributed by atoms with Crippen molar-refractivity contribution >= 4 is 11.6 Å². The molecule has 0 bridgehead atoms. The molecule has 7 nitrogen and oxygen atoms in total. The highest BCUT2D eigenvalue weighted by Crippen LogP contribution is 2.24. The highest BCUT2D eigenvalue weighted by atomic mass is 16.6. The lowest BCUT2D eigenvalue weighted by Gasteiger charge is -2.11. The Morgan fingerprint density at radius 3 is 2.72 bits per heavy atom. The van der Waals surface area contributed by atoms with Crippen molar-refractivity contribution < 1.29 is 19.2 Å². The summed E-state index contributed by atoms with van der Waals surface area (Å²) in [5.74, 6) is 0.755. The maximum absolute atomic E-state index is 12.2. The van der Waals surface area contributed by atoms with Gasteiger partial charge >= 0.3 is 0 Å². The smallest absolute Gasteiger partial charge is 0.269 e. The van der Waals surface area contributed by atoms with E-state index in [9.17, 15) is 14.9 Å². The predicted octanol–water partition coefficient (Wildman–Crippen LogP) is 3.30.